The molecule has 0 nitrogen and oxygen atoms in total. The normalized spacial score (nSPS) is 15.3. The van der Waals surface area contributed by atoms with Gasteiger partial charge in [0.2, 0.25) is 0 Å². The lowest BCUT2D eigenvalue weighted by molar-refractivity contribution is 0.0839. The van der Waals surface area contributed by atoms with Gasteiger partial charge in [0, 0.05) is 0 Å². The van der Waals surface area contributed by atoms with Crippen molar-refractivity contribution in [2.45, 2.75) is 172 Å². The minimum Gasteiger partial charge on any atom is -0.0683 e. The van der Waals surface area contributed by atoms with Crippen molar-refractivity contribution in [2.75, 3.05) is 0 Å². The monoisotopic (exact) mass is 588 g/mol. The van der Waals surface area contributed by atoms with Crippen LogP contribution in [0.15, 0.2) is 54.6 Å². The molecule has 0 saturated carbocycles. The summed E-state index contributed by atoms with van der Waals surface area (Å²) < 4.78 is 0. The van der Waals surface area contributed by atoms with Gasteiger partial charge in [-0.15, -0.1) is 0 Å². The molecule has 0 aliphatic carbocycles. The van der Waals surface area contributed by atoms with Gasteiger partial charge in [0.25, 0.3) is 0 Å². The van der Waals surface area contributed by atoms with Crippen LogP contribution < -0.4 is 0 Å². The Balaban J connectivity index is 0.00000452. The fourth-order valence-electron chi connectivity index (χ4n) is 6.53. The summed E-state index contributed by atoms with van der Waals surface area (Å²) in [4.78, 5) is 0. The molecule has 243 valence electrons. The predicted octanol–water partition coefficient (Wildman–Crippen LogP) is 13.9. The number of hydrogen-bond acceptors (Lipinski definition) is 0. The molecule has 43 heavy (non-hydrogen) atoms. The Hall–Kier alpha value is -1.50. The Bertz CT molecular complexity index is 1090. The molecule has 2 rings (SSSR count). The maximum atomic E-state index is 2.73. The summed E-state index contributed by atoms with van der Waals surface area (Å²) in [7, 11) is 2.73. The van der Waals surface area contributed by atoms with Gasteiger partial charge in [-0.25, -0.2) is 0 Å². The number of hydrogen-bond donors (Lipinski definition) is 0. The van der Waals surface area contributed by atoms with E-state index in [2.05, 4.69) is 180 Å². The van der Waals surface area contributed by atoms with Crippen molar-refractivity contribution in [3.63, 3.8) is 0 Å². The number of rotatable bonds is 10. The first-order chi connectivity index (χ1) is 19.2. The quantitative estimate of drug-likeness (QED) is 0.243. The second kappa shape index (κ2) is 13.9. The van der Waals surface area contributed by atoms with Crippen molar-refractivity contribution < 1.29 is 0 Å². The van der Waals surface area contributed by atoms with Crippen LogP contribution in [0.3, 0.4) is 0 Å². The third-order valence-electron chi connectivity index (χ3n) is 11.3. The third-order valence-corrected chi connectivity index (χ3v) is 11.3. The van der Waals surface area contributed by atoms with Crippen molar-refractivity contribution in [1.82, 2.24) is 0 Å². The van der Waals surface area contributed by atoms with Gasteiger partial charge < -0.3 is 0 Å². The summed E-state index contributed by atoms with van der Waals surface area (Å²) in [5.74, 6) is 0.886. The molecule has 0 fully saturated rings. The summed E-state index contributed by atoms with van der Waals surface area (Å²) in [5, 5.41) is 0.0815. The molecule has 2 aromatic rings. The maximum absolute atomic E-state index is 2.73. The van der Waals surface area contributed by atoms with Gasteiger partial charge >= 0.3 is 0 Å². The van der Waals surface area contributed by atoms with Crippen molar-refractivity contribution in [3.8, 4) is 0 Å². The standard InChI is InChI=1S/C40H66B.C2H6/c1-34(2,3)31-25-23-30(24-26-31)32(39(14,15)36(7,8)9)28-38(12,13)41-40(16,17)33(29-21-19-18-20-22-29)27-37(10,11)35(4,5)6;1-2/h18-26,32-33H,27-28H2,1-17H3;1-2H3. The maximum Gasteiger partial charge on any atom is 0.125 e. The second-order valence-electron chi connectivity index (χ2n) is 18.9. The first-order valence-electron chi connectivity index (χ1n) is 17.2. The lowest BCUT2D eigenvalue weighted by atomic mass is 9.34. The van der Waals surface area contributed by atoms with Crippen LogP contribution >= 0.6 is 0 Å². The highest BCUT2D eigenvalue weighted by molar-refractivity contribution is 6.44. The molecule has 0 N–H and O–H groups in total. The van der Waals surface area contributed by atoms with E-state index in [0.717, 1.165) is 12.8 Å². The molecule has 0 aliphatic heterocycles. The highest BCUT2D eigenvalue weighted by Crippen LogP contribution is 2.58. The van der Waals surface area contributed by atoms with Crippen LogP contribution in [0.25, 0.3) is 0 Å². The molecule has 0 bridgehead atoms. The van der Waals surface area contributed by atoms with Gasteiger partial charge in [0.1, 0.15) is 7.28 Å². The van der Waals surface area contributed by atoms with Crippen LogP contribution in [0.5, 0.6) is 0 Å². The highest BCUT2D eigenvalue weighted by atomic mass is 14.5. The SMILES string of the molecule is CC.CC(C)([B]C(C)(C)C(CC(C)(C)C(C)(C)C)c1ccccc1)CC(c1ccc(C(C)(C)C)cc1)C(C)(C)C(C)(C)C. The van der Waals surface area contributed by atoms with Crippen LogP contribution in [0.2, 0.25) is 10.6 Å². The number of benzene rings is 2. The van der Waals surface area contributed by atoms with E-state index in [1.165, 1.54) is 16.7 Å². The molecule has 2 unspecified atom stereocenters. The first kappa shape index (κ1) is 39.5. The molecule has 0 aliphatic rings. The summed E-state index contributed by atoms with van der Waals surface area (Å²) >= 11 is 0. The van der Waals surface area contributed by atoms with E-state index >= 15 is 0 Å². The zero-order valence-electron chi connectivity index (χ0n) is 32.3. The average Bonchev–Trinajstić information content (AvgIpc) is 2.85. The van der Waals surface area contributed by atoms with Crippen LogP contribution in [0, 0.1) is 21.7 Å². The van der Waals surface area contributed by atoms with Gasteiger partial charge in [0.15, 0.2) is 0 Å². The van der Waals surface area contributed by atoms with Gasteiger partial charge in [-0.3, -0.25) is 0 Å². The van der Waals surface area contributed by atoms with Crippen molar-refractivity contribution in [3.05, 3.63) is 71.3 Å². The minimum atomic E-state index is 0.0277. The zero-order valence-corrected chi connectivity index (χ0v) is 32.3. The Morgan fingerprint density at radius 3 is 1.35 bits per heavy atom. The van der Waals surface area contributed by atoms with Gasteiger partial charge in [-0.2, -0.15) is 0 Å². The average molecular weight is 588 g/mol. The molecule has 1 heteroatoms. The largest absolute Gasteiger partial charge is 0.125 e. The summed E-state index contributed by atoms with van der Waals surface area (Å²) in [6.45, 7) is 45.3. The molecular weight excluding hydrogens is 515 g/mol. The van der Waals surface area contributed by atoms with Crippen LogP contribution in [-0.4, -0.2) is 7.28 Å². The second-order valence-corrected chi connectivity index (χ2v) is 18.9. The fourth-order valence-corrected chi connectivity index (χ4v) is 6.53. The van der Waals surface area contributed by atoms with Crippen molar-refractivity contribution in [2.24, 2.45) is 21.7 Å². The molecule has 0 amide bonds. The molecular formula is C42H72B. The Morgan fingerprint density at radius 2 is 0.953 bits per heavy atom. The van der Waals surface area contributed by atoms with Gasteiger partial charge in [-0.1, -0.05) is 197 Å². The van der Waals surface area contributed by atoms with Crippen LogP contribution in [-0.2, 0) is 5.41 Å². The predicted molar refractivity (Wildman–Crippen MR) is 198 cm³/mol. The molecule has 0 aromatic heterocycles. The third kappa shape index (κ3) is 10.3. The topological polar surface area (TPSA) is 0 Å². The molecule has 0 saturated heterocycles. The van der Waals surface area contributed by atoms with E-state index in [-0.39, 0.29) is 37.7 Å². The van der Waals surface area contributed by atoms with Gasteiger partial charge in [0.05, 0.1) is 0 Å². The van der Waals surface area contributed by atoms with Crippen molar-refractivity contribution in [1.29, 1.82) is 0 Å². The molecule has 2 atom stereocenters. The zero-order chi connectivity index (χ0) is 33.9. The van der Waals surface area contributed by atoms with E-state index in [1.54, 1.807) is 0 Å². The Kier molecular flexibility index (Phi) is 12.8. The summed E-state index contributed by atoms with van der Waals surface area (Å²) in [6, 6.07) is 20.9. The van der Waals surface area contributed by atoms with E-state index in [9.17, 15) is 0 Å². The molecule has 0 heterocycles. The van der Waals surface area contributed by atoms with E-state index < -0.39 is 0 Å². The lowest BCUT2D eigenvalue weighted by Crippen LogP contribution is -2.40. The van der Waals surface area contributed by atoms with Gasteiger partial charge in [-0.05, 0) is 68.4 Å². The van der Waals surface area contributed by atoms with Crippen molar-refractivity contribution >= 4 is 7.28 Å². The summed E-state index contributed by atoms with van der Waals surface area (Å²) in [5.41, 5.74) is 5.25. The minimum absolute atomic E-state index is 0.0277. The van der Waals surface area contributed by atoms with Crippen LogP contribution in [0.1, 0.15) is 173 Å². The van der Waals surface area contributed by atoms with Crippen LogP contribution in [0.4, 0.5) is 0 Å². The lowest BCUT2D eigenvalue weighted by Gasteiger charge is -2.50. The Morgan fingerprint density at radius 1 is 0.512 bits per heavy atom. The smallest absolute Gasteiger partial charge is 0.0683 e. The first-order valence-corrected chi connectivity index (χ1v) is 17.2. The van der Waals surface area contributed by atoms with E-state index in [1.807, 2.05) is 13.8 Å². The molecule has 0 spiro atoms. The fraction of sp³-hybridized carbons (Fsp3) is 0.714. The van der Waals surface area contributed by atoms with E-state index in [4.69, 9.17) is 0 Å². The summed E-state index contributed by atoms with van der Waals surface area (Å²) in [6.07, 6.45) is 2.28. The van der Waals surface area contributed by atoms with E-state index in [0.29, 0.717) is 11.8 Å². The molecule has 2 aromatic carbocycles. The molecule has 1 radical (unpaired) electrons. The Labute approximate surface area is 271 Å². The highest BCUT2D eigenvalue weighted by Gasteiger charge is 2.46.